The van der Waals surface area contributed by atoms with Crippen LogP contribution >= 0.6 is 0 Å². The van der Waals surface area contributed by atoms with E-state index in [-0.39, 0.29) is 0 Å². The van der Waals surface area contributed by atoms with Gasteiger partial charge in [0.05, 0.1) is 0 Å². The first kappa shape index (κ1) is 19.6. The lowest BCUT2D eigenvalue weighted by molar-refractivity contribution is -0.531. The Bertz CT molecular complexity index is 1000. The first-order chi connectivity index (χ1) is 13.2. The second kappa shape index (κ2) is 7.46. The van der Waals surface area contributed by atoms with Crippen molar-refractivity contribution in [1.82, 2.24) is 4.98 Å². The number of nitrogens with one attached hydrogen (secondary N) is 1. The quantitative estimate of drug-likeness (QED) is 0.387. The maximum absolute atomic E-state index is 13.2. The molecule has 0 aliphatic carbocycles. The number of carbonyl (C=O) groups is 1. The highest BCUT2D eigenvalue weighted by molar-refractivity contribution is 5.91. The number of benzene rings is 2. The second-order valence-corrected chi connectivity index (χ2v) is 7.86. The molecule has 146 valence electrons. The van der Waals surface area contributed by atoms with Gasteiger partial charge in [-0.25, -0.2) is 0 Å². The zero-order valence-electron chi connectivity index (χ0n) is 16.4. The van der Waals surface area contributed by atoms with Gasteiger partial charge < -0.3 is 9.72 Å². The molecule has 6 heteroatoms. The van der Waals surface area contributed by atoms with Crippen LogP contribution in [-0.4, -0.2) is 21.5 Å². The van der Waals surface area contributed by atoms with Crippen molar-refractivity contribution < 1.29 is 14.5 Å². The second-order valence-electron chi connectivity index (χ2n) is 7.86. The summed E-state index contributed by atoms with van der Waals surface area (Å²) in [5.74, 6) is -1.68. The molecular formula is C22H24N2O4. The van der Waals surface area contributed by atoms with Gasteiger partial charge in [-0.2, -0.15) is 0 Å². The monoisotopic (exact) mass is 380 g/mol. The fraction of sp³-hybridized carbons (Fsp3) is 0.318. The average molecular weight is 380 g/mol. The standard InChI is InChI=1S/C22H24N2O4/c1-14-18(16-12-8-9-13-17(16)23-14)19(21(25)28-22(2,3)4)20(24(26)27)15-10-6-5-7-11-15/h5-13,19-20,23H,1-4H3/t19-,20?/m0/s1. The van der Waals surface area contributed by atoms with E-state index in [0.29, 0.717) is 11.1 Å². The van der Waals surface area contributed by atoms with Crippen molar-refractivity contribution >= 4 is 16.9 Å². The van der Waals surface area contributed by atoms with Gasteiger partial charge in [0.15, 0.2) is 5.92 Å². The molecule has 6 nitrogen and oxygen atoms in total. The van der Waals surface area contributed by atoms with Crippen molar-refractivity contribution in [2.45, 2.75) is 45.3 Å². The largest absolute Gasteiger partial charge is 0.459 e. The Morgan fingerprint density at radius 3 is 2.29 bits per heavy atom. The predicted molar refractivity (Wildman–Crippen MR) is 108 cm³/mol. The van der Waals surface area contributed by atoms with Gasteiger partial charge in [-0.3, -0.25) is 14.9 Å². The molecule has 0 fully saturated rings. The number of para-hydroxylation sites is 1. The molecule has 3 rings (SSSR count). The van der Waals surface area contributed by atoms with E-state index in [2.05, 4.69) is 4.98 Å². The summed E-state index contributed by atoms with van der Waals surface area (Å²) in [5.41, 5.74) is 1.87. The van der Waals surface area contributed by atoms with Crippen LogP contribution in [-0.2, 0) is 9.53 Å². The molecule has 1 aromatic heterocycles. The molecule has 0 aliphatic rings. The van der Waals surface area contributed by atoms with E-state index >= 15 is 0 Å². The van der Waals surface area contributed by atoms with Crippen molar-refractivity contribution in [2.75, 3.05) is 0 Å². The Morgan fingerprint density at radius 1 is 1.07 bits per heavy atom. The molecule has 0 amide bonds. The van der Waals surface area contributed by atoms with E-state index in [1.165, 1.54) is 0 Å². The van der Waals surface area contributed by atoms with Crippen molar-refractivity contribution in [3.05, 3.63) is 81.5 Å². The number of rotatable bonds is 5. The van der Waals surface area contributed by atoms with Gasteiger partial charge in [-0.15, -0.1) is 0 Å². The Balaban J connectivity index is 2.23. The summed E-state index contributed by atoms with van der Waals surface area (Å²) >= 11 is 0. The van der Waals surface area contributed by atoms with E-state index in [4.69, 9.17) is 4.74 Å². The zero-order valence-corrected chi connectivity index (χ0v) is 16.4. The SMILES string of the molecule is Cc1[nH]c2ccccc2c1[C@H](C(=O)OC(C)(C)C)C(c1ccccc1)[N+](=O)[O-]. The Hall–Kier alpha value is -3.15. The zero-order chi connectivity index (χ0) is 20.5. The summed E-state index contributed by atoms with van der Waals surface area (Å²) in [6.45, 7) is 7.10. The third-order valence-corrected chi connectivity index (χ3v) is 4.60. The van der Waals surface area contributed by atoms with Crippen LogP contribution in [0.15, 0.2) is 54.6 Å². The number of H-pyrrole nitrogens is 1. The fourth-order valence-electron chi connectivity index (χ4n) is 3.56. The van der Waals surface area contributed by atoms with E-state index in [9.17, 15) is 14.9 Å². The number of fused-ring (bicyclic) bond motifs is 1. The van der Waals surface area contributed by atoms with Crippen LogP contribution in [0.3, 0.4) is 0 Å². The molecule has 28 heavy (non-hydrogen) atoms. The van der Waals surface area contributed by atoms with Gasteiger partial charge in [-0.05, 0) is 33.8 Å². The van der Waals surface area contributed by atoms with Gasteiger partial charge in [0, 0.05) is 32.6 Å². The smallest absolute Gasteiger partial charge is 0.321 e. The molecular weight excluding hydrogens is 356 g/mol. The molecule has 0 radical (unpaired) electrons. The van der Waals surface area contributed by atoms with Crippen molar-refractivity contribution in [3.8, 4) is 0 Å². The number of nitrogens with zero attached hydrogens (tertiary/aromatic N) is 1. The summed E-state index contributed by atoms with van der Waals surface area (Å²) in [6, 6.07) is 14.9. The van der Waals surface area contributed by atoms with Gasteiger partial charge >= 0.3 is 5.97 Å². The number of ether oxygens (including phenoxy) is 1. The van der Waals surface area contributed by atoms with Crippen LogP contribution in [0.4, 0.5) is 0 Å². The van der Waals surface area contributed by atoms with E-state index < -0.39 is 28.5 Å². The number of aromatic amines is 1. The lowest BCUT2D eigenvalue weighted by Gasteiger charge is -2.26. The molecule has 1 N–H and O–H groups in total. The van der Waals surface area contributed by atoms with Crippen molar-refractivity contribution in [2.24, 2.45) is 0 Å². The molecule has 0 saturated heterocycles. The molecule has 3 aromatic rings. The molecule has 2 atom stereocenters. The van der Waals surface area contributed by atoms with E-state index in [1.807, 2.05) is 31.2 Å². The molecule has 1 unspecified atom stereocenters. The van der Waals surface area contributed by atoms with E-state index in [1.54, 1.807) is 51.1 Å². The molecule has 0 bridgehead atoms. The number of aryl methyl sites for hydroxylation is 1. The molecule has 2 aromatic carbocycles. The first-order valence-corrected chi connectivity index (χ1v) is 9.17. The number of carbonyl (C=O) groups excluding carboxylic acids is 1. The van der Waals surface area contributed by atoms with Crippen LogP contribution in [0, 0.1) is 17.0 Å². The van der Waals surface area contributed by atoms with Crippen LogP contribution in [0.1, 0.15) is 49.6 Å². The summed E-state index contributed by atoms with van der Waals surface area (Å²) < 4.78 is 5.62. The van der Waals surface area contributed by atoms with Gasteiger partial charge in [0.2, 0.25) is 0 Å². The molecule has 0 aliphatic heterocycles. The van der Waals surface area contributed by atoms with Gasteiger partial charge in [0.1, 0.15) is 5.60 Å². The van der Waals surface area contributed by atoms with Crippen molar-refractivity contribution in [3.63, 3.8) is 0 Å². The topological polar surface area (TPSA) is 85.2 Å². The minimum Gasteiger partial charge on any atom is -0.459 e. The molecule has 0 spiro atoms. The maximum atomic E-state index is 13.2. The number of nitro groups is 1. The highest BCUT2D eigenvalue weighted by Crippen LogP contribution is 2.40. The first-order valence-electron chi connectivity index (χ1n) is 9.17. The Labute approximate surface area is 163 Å². The molecule has 0 saturated carbocycles. The van der Waals surface area contributed by atoms with Crippen LogP contribution in [0.2, 0.25) is 0 Å². The molecule has 1 heterocycles. The number of hydrogen-bond donors (Lipinski definition) is 1. The predicted octanol–water partition coefficient (Wildman–Crippen LogP) is 4.92. The third-order valence-electron chi connectivity index (χ3n) is 4.60. The third kappa shape index (κ3) is 3.91. The lowest BCUT2D eigenvalue weighted by Crippen LogP contribution is -2.33. The maximum Gasteiger partial charge on any atom is 0.321 e. The summed E-state index contributed by atoms with van der Waals surface area (Å²) in [7, 11) is 0. The van der Waals surface area contributed by atoms with Gasteiger partial charge in [-0.1, -0.05) is 48.5 Å². The van der Waals surface area contributed by atoms with Crippen LogP contribution < -0.4 is 0 Å². The Morgan fingerprint density at radius 2 is 1.68 bits per heavy atom. The highest BCUT2D eigenvalue weighted by Gasteiger charge is 2.44. The fourth-order valence-corrected chi connectivity index (χ4v) is 3.56. The van der Waals surface area contributed by atoms with Crippen LogP contribution in [0.5, 0.6) is 0 Å². The number of esters is 1. The van der Waals surface area contributed by atoms with Gasteiger partial charge in [0.25, 0.3) is 6.04 Å². The minimum atomic E-state index is -1.26. The summed E-state index contributed by atoms with van der Waals surface area (Å²) in [5, 5.41) is 12.9. The Kier molecular flexibility index (Phi) is 5.23. The average Bonchev–Trinajstić information content (AvgIpc) is 2.94. The summed E-state index contributed by atoms with van der Waals surface area (Å²) in [4.78, 5) is 28.2. The minimum absolute atomic E-state index is 0.398. The normalized spacial score (nSPS) is 13.9. The lowest BCUT2D eigenvalue weighted by atomic mass is 9.85. The van der Waals surface area contributed by atoms with E-state index in [0.717, 1.165) is 16.6 Å². The van der Waals surface area contributed by atoms with Crippen molar-refractivity contribution in [1.29, 1.82) is 0 Å². The number of aromatic nitrogens is 1. The summed E-state index contributed by atoms with van der Waals surface area (Å²) in [6.07, 6.45) is 0. The number of hydrogen-bond acceptors (Lipinski definition) is 4. The van der Waals surface area contributed by atoms with Crippen LogP contribution in [0.25, 0.3) is 10.9 Å². The highest BCUT2D eigenvalue weighted by atomic mass is 16.6.